The van der Waals surface area contributed by atoms with Crippen LogP contribution in [0.5, 0.6) is 0 Å². The number of nitrogens with one attached hydrogen (secondary N) is 1. The van der Waals surface area contributed by atoms with Gasteiger partial charge in [0.2, 0.25) is 0 Å². The van der Waals surface area contributed by atoms with Crippen LogP contribution in [0, 0.1) is 0 Å². The molecule has 2 aliphatic rings. The van der Waals surface area contributed by atoms with Crippen LogP contribution in [-0.4, -0.2) is 39.9 Å². The summed E-state index contributed by atoms with van der Waals surface area (Å²) in [6, 6.07) is 4.82. The highest BCUT2D eigenvalue weighted by Gasteiger charge is 2.47. The van der Waals surface area contributed by atoms with Gasteiger partial charge in [0, 0.05) is 24.0 Å². The number of benzene rings is 1. The van der Waals surface area contributed by atoms with Gasteiger partial charge in [0.05, 0.1) is 12.2 Å². The number of likely N-dealkylation sites (tertiary alicyclic amines) is 1. The summed E-state index contributed by atoms with van der Waals surface area (Å²) in [5, 5.41) is 7.04. The molecule has 27 heavy (non-hydrogen) atoms. The Kier molecular flexibility index (Phi) is 4.65. The largest absolute Gasteiger partial charge is 0.410 e. The van der Waals surface area contributed by atoms with Gasteiger partial charge in [-0.1, -0.05) is 28.1 Å². The Bertz CT molecular complexity index is 843. The molecule has 3 heterocycles. The second-order valence-electron chi connectivity index (χ2n) is 6.89. The quantitative estimate of drug-likeness (QED) is 0.742. The van der Waals surface area contributed by atoms with Gasteiger partial charge in [-0.25, -0.2) is 4.68 Å². The van der Waals surface area contributed by atoms with E-state index in [-0.39, 0.29) is 23.7 Å². The van der Waals surface area contributed by atoms with E-state index in [0.717, 1.165) is 27.6 Å². The van der Waals surface area contributed by atoms with Crippen LogP contribution in [0.4, 0.5) is 19.0 Å². The lowest BCUT2D eigenvalue weighted by atomic mass is 9.96. The van der Waals surface area contributed by atoms with Crippen LogP contribution in [0.25, 0.3) is 0 Å². The van der Waals surface area contributed by atoms with E-state index in [0.29, 0.717) is 13.1 Å². The first-order valence-corrected chi connectivity index (χ1v) is 9.59. The summed E-state index contributed by atoms with van der Waals surface area (Å²) in [6.45, 7) is 1.25. The molecule has 1 amide bonds. The minimum absolute atomic E-state index is 0.147. The van der Waals surface area contributed by atoms with Gasteiger partial charge in [0.25, 0.3) is 5.91 Å². The van der Waals surface area contributed by atoms with Gasteiger partial charge in [-0.05, 0) is 30.5 Å². The topological polar surface area (TPSA) is 50.2 Å². The molecule has 0 aliphatic carbocycles. The summed E-state index contributed by atoms with van der Waals surface area (Å²) in [7, 11) is 0. The number of carbonyl (C=O) groups is 1. The average Bonchev–Trinajstić information content (AvgIpc) is 3.30. The van der Waals surface area contributed by atoms with Crippen molar-refractivity contribution in [2.24, 2.45) is 0 Å². The number of rotatable bonds is 2. The number of hydrogen-bond acceptors (Lipinski definition) is 3. The van der Waals surface area contributed by atoms with Crippen molar-refractivity contribution >= 4 is 27.7 Å². The summed E-state index contributed by atoms with van der Waals surface area (Å²) >= 11 is 3.34. The first-order valence-electron chi connectivity index (χ1n) is 8.80. The smallest absolute Gasteiger partial charge is 0.363 e. The van der Waals surface area contributed by atoms with Gasteiger partial charge in [-0.2, -0.15) is 18.3 Å². The van der Waals surface area contributed by atoms with Crippen LogP contribution in [-0.2, 0) is 0 Å². The van der Waals surface area contributed by atoms with Crippen molar-refractivity contribution in [3.8, 4) is 0 Å². The first kappa shape index (κ1) is 18.3. The zero-order chi connectivity index (χ0) is 19.2. The number of fused-ring (bicyclic) bond motifs is 1. The number of carbonyl (C=O) groups excluding carboxylic acids is 1. The SMILES string of the molecule is O=C(c1cnn2c1N[C@@H](c1ccc(Br)cc1)C[C@@H]2C(F)(F)F)N1CCCC1. The molecule has 0 saturated carbocycles. The number of nitrogens with zero attached hydrogens (tertiary/aromatic N) is 3. The van der Waals surface area contributed by atoms with E-state index in [1.54, 1.807) is 29.2 Å². The highest BCUT2D eigenvalue weighted by atomic mass is 79.9. The first-order chi connectivity index (χ1) is 12.8. The van der Waals surface area contributed by atoms with Crippen molar-refractivity contribution in [2.45, 2.75) is 37.5 Å². The number of hydrogen-bond donors (Lipinski definition) is 1. The molecular weight excluding hydrogens is 425 g/mol. The number of amides is 1. The monoisotopic (exact) mass is 442 g/mol. The standard InChI is InChI=1S/C18H18BrF3N4O/c19-12-5-3-11(4-6-12)14-9-15(18(20,21)22)26-16(24-14)13(10-23-26)17(27)25-7-1-2-8-25/h3-6,10,14-15,24H,1-2,7-9H2/t14-,15-/m1/s1. The van der Waals surface area contributed by atoms with Gasteiger partial charge in [0.1, 0.15) is 11.4 Å². The maximum Gasteiger partial charge on any atom is 0.410 e. The summed E-state index contributed by atoms with van der Waals surface area (Å²) in [5.41, 5.74) is 0.937. The highest BCUT2D eigenvalue weighted by Crippen LogP contribution is 2.44. The van der Waals surface area contributed by atoms with Crippen LogP contribution in [0.3, 0.4) is 0 Å². The minimum atomic E-state index is -4.45. The Morgan fingerprint density at radius 3 is 2.48 bits per heavy atom. The Morgan fingerprint density at radius 1 is 1.19 bits per heavy atom. The molecule has 1 aromatic heterocycles. The molecule has 1 saturated heterocycles. The zero-order valence-corrected chi connectivity index (χ0v) is 15.9. The highest BCUT2D eigenvalue weighted by molar-refractivity contribution is 9.10. The molecule has 9 heteroatoms. The maximum absolute atomic E-state index is 13.7. The lowest BCUT2D eigenvalue weighted by molar-refractivity contribution is -0.173. The predicted molar refractivity (Wildman–Crippen MR) is 97.6 cm³/mol. The molecule has 0 radical (unpaired) electrons. The van der Waals surface area contributed by atoms with Crippen LogP contribution >= 0.6 is 15.9 Å². The lowest BCUT2D eigenvalue weighted by Crippen LogP contribution is -2.36. The van der Waals surface area contributed by atoms with Crippen molar-refractivity contribution in [3.63, 3.8) is 0 Å². The molecular formula is C18H18BrF3N4O. The molecule has 1 fully saturated rings. The molecule has 2 aromatic rings. The maximum atomic E-state index is 13.7. The third kappa shape index (κ3) is 3.44. The van der Waals surface area contributed by atoms with E-state index in [2.05, 4.69) is 26.3 Å². The number of alkyl halides is 3. The van der Waals surface area contributed by atoms with Gasteiger partial charge in [-0.15, -0.1) is 0 Å². The van der Waals surface area contributed by atoms with Crippen LogP contribution in [0.15, 0.2) is 34.9 Å². The molecule has 144 valence electrons. The van der Waals surface area contributed by atoms with Crippen molar-refractivity contribution in [1.29, 1.82) is 0 Å². The third-order valence-corrected chi connectivity index (χ3v) is 5.66. The summed E-state index contributed by atoms with van der Waals surface area (Å²) in [6.07, 6.45) is -1.56. The second kappa shape index (κ2) is 6.85. The lowest BCUT2D eigenvalue weighted by Gasteiger charge is -2.34. The summed E-state index contributed by atoms with van der Waals surface area (Å²) < 4.78 is 42.8. The minimum Gasteiger partial charge on any atom is -0.363 e. The van der Waals surface area contributed by atoms with E-state index in [4.69, 9.17) is 0 Å². The normalized spacial score (nSPS) is 22.4. The third-order valence-electron chi connectivity index (χ3n) is 5.13. The van der Waals surface area contributed by atoms with Gasteiger partial charge in [-0.3, -0.25) is 4.79 Å². The Balaban J connectivity index is 1.72. The molecule has 1 aromatic carbocycles. The Morgan fingerprint density at radius 2 is 1.85 bits per heavy atom. The van der Waals surface area contributed by atoms with Crippen molar-refractivity contribution in [3.05, 3.63) is 46.1 Å². The van der Waals surface area contributed by atoms with Gasteiger partial charge in [0.15, 0.2) is 6.04 Å². The Hall–Kier alpha value is -2.03. The summed E-state index contributed by atoms with van der Waals surface area (Å²) in [4.78, 5) is 14.4. The Labute approximate surface area is 162 Å². The number of aromatic nitrogens is 2. The van der Waals surface area contributed by atoms with Crippen LogP contribution < -0.4 is 5.32 Å². The fourth-order valence-electron chi connectivity index (χ4n) is 3.72. The number of halogens is 4. The fraction of sp³-hybridized carbons (Fsp3) is 0.444. The van der Waals surface area contributed by atoms with E-state index >= 15 is 0 Å². The van der Waals surface area contributed by atoms with Crippen molar-refractivity contribution < 1.29 is 18.0 Å². The molecule has 1 N–H and O–H groups in total. The molecule has 0 spiro atoms. The number of anilines is 1. The predicted octanol–water partition coefficient (Wildman–Crippen LogP) is 4.54. The molecule has 4 rings (SSSR count). The molecule has 5 nitrogen and oxygen atoms in total. The van der Waals surface area contributed by atoms with Crippen molar-refractivity contribution in [2.75, 3.05) is 18.4 Å². The molecule has 0 unspecified atom stereocenters. The van der Waals surface area contributed by atoms with E-state index < -0.39 is 18.3 Å². The zero-order valence-electron chi connectivity index (χ0n) is 14.3. The molecule has 0 bridgehead atoms. The van der Waals surface area contributed by atoms with Crippen LogP contribution in [0.2, 0.25) is 0 Å². The van der Waals surface area contributed by atoms with Crippen LogP contribution in [0.1, 0.15) is 47.3 Å². The van der Waals surface area contributed by atoms with E-state index in [9.17, 15) is 18.0 Å². The van der Waals surface area contributed by atoms with Gasteiger partial charge < -0.3 is 10.2 Å². The molecule has 2 atom stereocenters. The van der Waals surface area contributed by atoms with E-state index in [1.165, 1.54) is 6.20 Å². The summed E-state index contributed by atoms with van der Waals surface area (Å²) in [5.74, 6) is -0.118. The second-order valence-corrected chi connectivity index (χ2v) is 7.81. The van der Waals surface area contributed by atoms with Gasteiger partial charge >= 0.3 is 6.18 Å². The fourth-order valence-corrected chi connectivity index (χ4v) is 3.99. The molecule has 2 aliphatic heterocycles. The average molecular weight is 443 g/mol. The van der Waals surface area contributed by atoms with E-state index in [1.807, 2.05) is 0 Å². The van der Waals surface area contributed by atoms with Crippen molar-refractivity contribution in [1.82, 2.24) is 14.7 Å².